The molecule has 21 heavy (non-hydrogen) atoms. The van der Waals surface area contributed by atoms with Crippen LogP contribution in [0.2, 0.25) is 0 Å². The first-order chi connectivity index (χ1) is 9.70. The van der Waals surface area contributed by atoms with Crippen molar-refractivity contribution in [2.45, 2.75) is 52.5 Å². The van der Waals surface area contributed by atoms with Gasteiger partial charge in [0.25, 0.3) is 0 Å². The van der Waals surface area contributed by atoms with E-state index in [1.807, 2.05) is 34.6 Å². The van der Waals surface area contributed by atoms with Crippen molar-refractivity contribution in [2.75, 3.05) is 0 Å². The van der Waals surface area contributed by atoms with Gasteiger partial charge in [0.05, 0.1) is 5.69 Å². The molecule has 0 fully saturated rings. The summed E-state index contributed by atoms with van der Waals surface area (Å²) in [5.41, 5.74) is 0.0587. The lowest BCUT2D eigenvalue weighted by atomic mass is 9.90. The highest BCUT2D eigenvalue weighted by Gasteiger charge is 2.29. The molecule has 0 atom stereocenters. The van der Waals surface area contributed by atoms with Gasteiger partial charge in [0.2, 0.25) is 5.89 Å². The predicted octanol–water partition coefficient (Wildman–Crippen LogP) is 1.83. The van der Waals surface area contributed by atoms with Crippen LogP contribution in [0.5, 0.6) is 0 Å². The first kappa shape index (κ1) is 15.1. The van der Waals surface area contributed by atoms with Crippen molar-refractivity contribution in [3.8, 4) is 0 Å². The zero-order valence-corrected chi connectivity index (χ0v) is 12.8. The van der Waals surface area contributed by atoms with Crippen LogP contribution in [0.4, 0.5) is 0 Å². The Bertz CT molecular complexity index is 651. The quantitative estimate of drug-likeness (QED) is 0.916. The van der Waals surface area contributed by atoms with Gasteiger partial charge >= 0.3 is 5.97 Å². The molecule has 0 aliphatic rings. The molecule has 114 valence electrons. The van der Waals surface area contributed by atoms with Crippen LogP contribution in [-0.4, -0.2) is 36.2 Å². The topological polar surface area (TPSA) is 107 Å². The zero-order valence-electron chi connectivity index (χ0n) is 12.8. The molecule has 0 aliphatic heterocycles. The van der Waals surface area contributed by atoms with E-state index in [1.165, 1.54) is 4.68 Å². The maximum Gasteiger partial charge on any atom is 0.358 e. The molecule has 0 aromatic carbocycles. The third-order valence-electron chi connectivity index (χ3n) is 2.93. The van der Waals surface area contributed by atoms with Crippen LogP contribution in [0.3, 0.4) is 0 Å². The first-order valence-corrected chi connectivity index (χ1v) is 6.70. The van der Waals surface area contributed by atoms with Gasteiger partial charge < -0.3 is 9.63 Å². The van der Waals surface area contributed by atoms with Gasteiger partial charge in [0.15, 0.2) is 11.5 Å². The van der Waals surface area contributed by atoms with Gasteiger partial charge in [0, 0.05) is 11.3 Å². The highest BCUT2D eigenvalue weighted by molar-refractivity contribution is 5.86. The normalized spacial score (nSPS) is 12.1. The van der Waals surface area contributed by atoms with Crippen LogP contribution in [0, 0.1) is 0 Å². The molecule has 8 nitrogen and oxygen atoms in total. The Morgan fingerprint density at radius 3 is 2.52 bits per heavy atom. The van der Waals surface area contributed by atoms with Crippen molar-refractivity contribution >= 4 is 5.97 Å². The summed E-state index contributed by atoms with van der Waals surface area (Å²) in [6, 6.07) is 0. The highest BCUT2D eigenvalue weighted by atomic mass is 16.5. The summed E-state index contributed by atoms with van der Waals surface area (Å²) < 4.78 is 6.67. The summed E-state index contributed by atoms with van der Waals surface area (Å²) in [5, 5.41) is 20.8. The maximum absolute atomic E-state index is 11.3. The van der Waals surface area contributed by atoms with E-state index in [2.05, 4.69) is 20.5 Å². The summed E-state index contributed by atoms with van der Waals surface area (Å²) in [6.45, 7) is 9.85. The Morgan fingerprint density at radius 1 is 1.38 bits per heavy atom. The Morgan fingerprint density at radius 2 is 2.05 bits per heavy atom. The molecule has 0 amide bonds. The summed E-state index contributed by atoms with van der Waals surface area (Å²) in [7, 11) is 0. The van der Waals surface area contributed by atoms with Gasteiger partial charge in [-0.05, 0) is 0 Å². The summed E-state index contributed by atoms with van der Waals surface area (Å²) in [4.78, 5) is 15.5. The molecule has 0 radical (unpaired) electrons. The fourth-order valence-electron chi connectivity index (χ4n) is 2.01. The maximum atomic E-state index is 11.3. The van der Waals surface area contributed by atoms with Crippen LogP contribution in [0.25, 0.3) is 0 Å². The zero-order chi connectivity index (χ0) is 15.8. The molecule has 1 N–H and O–H groups in total. The van der Waals surface area contributed by atoms with Gasteiger partial charge in [-0.15, -0.1) is 5.10 Å². The van der Waals surface area contributed by atoms with Crippen LogP contribution < -0.4 is 0 Å². The van der Waals surface area contributed by atoms with Gasteiger partial charge in [-0.2, -0.15) is 4.98 Å². The molecule has 2 aromatic rings. The monoisotopic (exact) mass is 293 g/mol. The number of hydrogen-bond acceptors (Lipinski definition) is 6. The van der Waals surface area contributed by atoms with E-state index < -0.39 is 11.4 Å². The van der Waals surface area contributed by atoms with Crippen LogP contribution in [0.15, 0.2) is 4.52 Å². The number of rotatable bonds is 4. The third kappa shape index (κ3) is 3.09. The van der Waals surface area contributed by atoms with Crippen molar-refractivity contribution in [1.82, 2.24) is 25.1 Å². The predicted molar refractivity (Wildman–Crippen MR) is 73.2 cm³/mol. The second-order valence-corrected chi connectivity index (χ2v) is 6.20. The first-order valence-electron chi connectivity index (χ1n) is 6.70. The Balaban J connectivity index is 2.37. The third-order valence-corrected chi connectivity index (χ3v) is 2.93. The average molecular weight is 293 g/mol. The number of carboxylic acid groups (broad SMARTS) is 1. The minimum atomic E-state index is -1.10. The molecular formula is C13H19N5O3. The molecule has 2 aromatic heterocycles. The largest absolute Gasteiger partial charge is 0.476 e. The van der Waals surface area contributed by atoms with E-state index in [4.69, 9.17) is 4.52 Å². The van der Waals surface area contributed by atoms with Crippen LogP contribution >= 0.6 is 0 Å². The lowest BCUT2D eigenvalue weighted by Crippen LogP contribution is -2.22. The van der Waals surface area contributed by atoms with Gasteiger partial charge in [0.1, 0.15) is 6.54 Å². The number of carbonyl (C=O) groups is 1. The fourth-order valence-corrected chi connectivity index (χ4v) is 2.01. The SMILES string of the molecule is CC(C)c1noc(Cn2nnc(C(=O)O)c2C(C)(C)C)n1. The minimum Gasteiger partial charge on any atom is -0.476 e. The summed E-state index contributed by atoms with van der Waals surface area (Å²) in [6.07, 6.45) is 0. The lowest BCUT2D eigenvalue weighted by Gasteiger charge is -2.19. The molecule has 0 aliphatic carbocycles. The number of aromatic carboxylic acids is 1. The van der Waals surface area contributed by atoms with Crippen molar-refractivity contribution in [3.05, 3.63) is 23.1 Å². The van der Waals surface area contributed by atoms with E-state index in [9.17, 15) is 9.90 Å². The van der Waals surface area contributed by atoms with Crippen LogP contribution in [-0.2, 0) is 12.0 Å². The molecule has 2 heterocycles. The molecule has 0 saturated carbocycles. The standard InChI is InChI=1S/C13H19N5O3/c1-7(2)11-14-8(21-16-11)6-18-10(13(3,4)5)9(12(19)20)15-17-18/h7H,6H2,1-5H3,(H,19,20). The average Bonchev–Trinajstić information content (AvgIpc) is 2.94. The van der Waals surface area contributed by atoms with Crippen molar-refractivity contribution < 1.29 is 14.4 Å². The van der Waals surface area contributed by atoms with E-state index in [0.29, 0.717) is 17.4 Å². The smallest absolute Gasteiger partial charge is 0.358 e. The van der Waals surface area contributed by atoms with Gasteiger partial charge in [-0.25, -0.2) is 9.48 Å². The summed E-state index contributed by atoms with van der Waals surface area (Å²) in [5.74, 6) is 0.0569. The Kier molecular flexibility index (Phi) is 3.80. The molecule has 2 rings (SSSR count). The molecule has 0 bridgehead atoms. The second-order valence-electron chi connectivity index (χ2n) is 6.20. The highest BCUT2D eigenvalue weighted by Crippen LogP contribution is 2.25. The molecule has 0 unspecified atom stereocenters. The number of hydrogen-bond donors (Lipinski definition) is 1. The Hall–Kier alpha value is -2.25. The number of nitrogens with zero attached hydrogens (tertiary/aromatic N) is 5. The van der Waals surface area contributed by atoms with Crippen LogP contribution in [0.1, 0.15) is 68.4 Å². The molecule has 0 spiro atoms. The van der Waals surface area contributed by atoms with Crippen molar-refractivity contribution in [3.63, 3.8) is 0 Å². The molecular weight excluding hydrogens is 274 g/mol. The molecule has 8 heteroatoms. The second kappa shape index (κ2) is 5.27. The van der Waals surface area contributed by atoms with E-state index in [1.54, 1.807) is 0 Å². The van der Waals surface area contributed by atoms with Crippen molar-refractivity contribution in [2.24, 2.45) is 0 Å². The Labute approximate surface area is 122 Å². The minimum absolute atomic E-state index is 0.0499. The summed E-state index contributed by atoms with van der Waals surface area (Å²) >= 11 is 0. The fraction of sp³-hybridized carbons (Fsp3) is 0.615. The van der Waals surface area contributed by atoms with Crippen molar-refractivity contribution in [1.29, 1.82) is 0 Å². The van der Waals surface area contributed by atoms with E-state index in [-0.39, 0.29) is 18.2 Å². The lowest BCUT2D eigenvalue weighted by molar-refractivity contribution is 0.0687. The van der Waals surface area contributed by atoms with E-state index >= 15 is 0 Å². The van der Waals surface area contributed by atoms with E-state index in [0.717, 1.165) is 0 Å². The molecule has 0 saturated heterocycles. The number of carboxylic acids is 1. The number of aromatic nitrogens is 5. The van der Waals surface area contributed by atoms with Gasteiger partial charge in [-0.1, -0.05) is 45.0 Å². The van der Waals surface area contributed by atoms with Gasteiger partial charge in [-0.3, -0.25) is 0 Å².